The van der Waals surface area contributed by atoms with Gasteiger partial charge in [-0.05, 0) is 18.9 Å². The highest BCUT2D eigenvalue weighted by atomic mass is 32.2. The maximum Gasteiger partial charge on any atom is 0.337 e. The van der Waals surface area contributed by atoms with Gasteiger partial charge in [-0.1, -0.05) is 6.42 Å². The average molecular weight is 285 g/mol. The van der Waals surface area contributed by atoms with Gasteiger partial charge < -0.3 is 5.11 Å². The van der Waals surface area contributed by atoms with E-state index in [-0.39, 0.29) is 11.3 Å². The summed E-state index contributed by atoms with van der Waals surface area (Å²) < 4.78 is 27.9. The predicted octanol–water partition coefficient (Wildman–Crippen LogP) is 0.922. The van der Waals surface area contributed by atoms with Crippen LogP contribution in [-0.2, 0) is 10.2 Å². The highest BCUT2D eigenvalue weighted by molar-refractivity contribution is 7.90. The number of hydrogen-bond donors (Lipinski definition) is 2. The molecular formula is C11H15N3O4S. The van der Waals surface area contributed by atoms with E-state index in [1.54, 1.807) is 0 Å². The number of carboxylic acid groups (broad SMARTS) is 1. The topological polar surface area (TPSA) is 99.6 Å². The fourth-order valence-corrected chi connectivity index (χ4v) is 3.28. The molecule has 1 aromatic heterocycles. The third-order valence-corrected chi connectivity index (χ3v) is 4.47. The van der Waals surface area contributed by atoms with Gasteiger partial charge >= 0.3 is 16.2 Å². The number of hydrogen-bond acceptors (Lipinski definition) is 4. The predicted molar refractivity (Wildman–Crippen MR) is 69.2 cm³/mol. The normalized spacial score (nSPS) is 17.1. The van der Waals surface area contributed by atoms with Gasteiger partial charge in [-0.25, -0.2) is 4.79 Å². The minimum atomic E-state index is -3.71. The molecule has 0 bridgehead atoms. The van der Waals surface area contributed by atoms with Gasteiger partial charge in [0.2, 0.25) is 0 Å². The number of piperidine rings is 1. The minimum absolute atomic E-state index is 0.0134. The number of rotatable bonds is 4. The maximum absolute atomic E-state index is 12.1. The van der Waals surface area contributed by atoms with Gasteiger partial charge in [-0.3, -0.25) is 9.71 Å². The lowest BCUT2D eigenvalue weighted by atomic mass is 10.2. The SMILES string of the molecule is O=C(O)c1ccncc1NS(=O)(=O)N1CCCCC1. The number of pyridine rings is 1. The van der Waals surface area contributed by atoms with Gasteiger partial charge in [0.05, 0.1) is 17.4 Å². The summed E-state index contributed by atoms with van der Waals surface area (Å²) >= 11 is 0. The number of anilines is 1. The van der Waals surface area contributed by atoms with Crippen molar-refractivity contribution in [2.24, 2.45) is 0 Å². The van der Waals surface area contributed by atoms with Crippen molar-refractivity contribution in [3.63, 3.8) is 0 Å². The van der Waals surface area contributed by atoms with Crippen molar-refractivity contribution in [2.45, 2.75) is 19.3 Å². The molecule has 1 aromatic rings. The van der Waals surface area contributed by atoms with E-state index >= 15 is 0 Å². The zero-order valence-corrected chi connectivity index (χ0v) is 11.1. The summed E-state index contributed by atoms with van der Waals surface area (Å²) in [5.41, 5.74) is -0.129. The molecule has 0 amide bonds. The molecule has 0 radical (unpaired) electrons. The van der Waals surface area contributed by atoms with Crippen LogP contribution in [0.1, 0.15) is 29.6 Å². The first-order valence-corrected chi connectivity index (χ1v) is 7.40. The number of aromatic nitrogens is 1. The third-order valence-electron chi connectivity index (χ3n) is 2.95. The van der Waals surface area contributed by atoms with Crippen LogP contribution in [0.3, 0.4) is 0 Å². The Kier molecular flexibility index (Phi) is 4.01. The van der Waals surface area contributed by atoms with Crippen LogP contribution < -0.4 is 4.72 Å². The second-order valence-electron chi connectivity index (χ2n) is 4.29. The molecule has 0 aromatic carbocycles. The Bertz CT molecular complexity index is 567. The van der Waals surface area contributed by atoms with E-state index in [9.17, 15) is 13.2 Å². The Balaban J connectivity index is 2.22. The first-order chi connectivity index (χ1) is 9.00. The smallest absolute Gasteiger partial charge is 0.337 e. The third kappa shape index (κ3) is 3.21. The van der Waals surface area contributed by atoms with Crippen molar-refractivity contribution in [2.75, 3.05) is 17.8 Å². The van der Waals surface area contributed by atoms with Crippen LogP contribution in [0, 0.1) is 0 Å². The van der Waals surface area contributed by atoms with Crippen molar-refractivity contribution in [3.05, 3.63) is 24.0 Å². The van der Waals surface area contributed by atoms with Gasteiger partial charge in [-0.15, -0.1) is 0 Å². The monoisotopic (exact) mass is 285 g/mol. The van der Waals surface area contributed by atoms with Gasteiger partial charge in [0.25, 0.3) is 0 Å². The lowest BCUT2D eigenvalue weighted by molar-refractivity contribution is 0.0698. The summed E-state index contributed by atoms with van der Waals surface area (Å²) in [5, 5.41) is 9.00. The standard InChI is InChI=1S/C11H15N3O4S/c15-11(16)9-4-5-12-8-10(9)13-19(17,18)14-6-2-1-3-7-14/h4-5,8,13H,1-3,6-7H2,(H,15,16). The molecule has 104 valence electrons. The number of carboxylic acids is 1. The van der Waals surface area contributed by atoms with E-state index in [2.05, 4.69) is 9.71 Å². The molecule has 0 saturated carbocycles. The molecule has 2 heterocycles. The Hall–Kier alpha value is -1.67. The summed E-state index contributed by atoms with van der Waals surface area (Å²) in [6.45, 7) is 0.913. The van der Waals surface area contributed by atoms with Crippen LogP contribution in [0.2, 0.25) is 0 Å². The Morgan fingerprint density at radius 3 is 2.63 bits per heavy atom. The maximum atomic E-state index is 12.1. The largest absolute Gasteiger partial charge is 0.478 e. The fourth-order valence-electron chi connectivity index (χ4n) is 1.97. The zero-order chi connectivity index (χ0) is 13.9. The van der Waals surface area contributed by atoms with Crippen molar-refractivity contribution in [1.82, 2.24) is 9.29 Å². The zero-order valence-electron chi connectivity index (χ0n) is 10.2. The van der Waals surface area contributed by atoms with E-state index in [0.29, 0.717) is 13.1 Å². The molecule has 8 heteroatoms. The van der Waals surface area contributed by atoms with Crippen molar-refractivity contribution in [3.8, 4) is 0 Å². The quantitative estimate of drug-likeness (QED) is 0.857. The van der Waals surface area contributed by atoms with Gasteiger partial charge in [0, 0.05) is 19.3 Å². The van der Waals surface area contributed by atoms with Crippen LogP contribution in [0.15, 0.2) is 18.5 Å². The first-order valence-electron chi connectivity index (χ1n) is 5.96. The molecule has 2 N–H and O–H groups in total. The molecule has 1 fully saturated rings. The van der Waals surface area contributed by atoms with E-state index in [0.717, 1.165) is 19.3 Å². The van der Waals surface area contributed by atoms with Gasteiger partial charge in [0.15, 0.2) is 0 Å². The number of nitrogens with one attached hydrogen (secondary N) is 1. The van der Waals surface area contributed by atoms with E-state index in [1.807, 2.05) is 0 Å². The van der Waals surface area contributed by atoms with Crippen LogP contribution in [0.4, 0.5) is 5.69 Å². The summed E-state index contributed by atoms with van der Waals surface area (Å²) in [6, 6.07) is 1.26. The molecule has 19 heavy (non-hydrogen) atoms. The van der Waals surface area contributed by atoms with Crippen molar-refractivity contribution >= 4 is 21.9 Å². The lowest BCUT2D eigenvalue weighted by Crippen LogP contribution is -2.39. The van der Waals surface area contributed by atoms with Crippen LogP contribution >= 0.6 is 0 Å². The Morgan fingerprint density at radius 2 is 2.00 bits per heavy atom. The fraction of sp³-hybridized carbons (Fsp3) is 0.455. The van der Waals surface area contributed by atoms with Crippen LogP contribution in [0.5, 0.6) is 0 Å². The van der Waals surface area contributed by atoms with Crippen molar-refractivity contribution < 1.29 is 18.3 Å². The highest BCUT2D eigenvalue weighted by Gasteiger charge is 2.25. The molecule has 0 atom stereocenters. The van der Waals surface area contributed by atoms with Crippen LogP contribution in [-0.4, -0.2) is 41.9 Å². The Labute approximate surface area is 111 Å². The molecule has 1 aliphatic heterocycles. The minimum Gasteiger partial charge on any atom is -0.478 e. The molecule has 1 aliphatic rings. The van der Waals surface area contributed by atoms with Crippen molar-refractivity contribution in [1.29, 1.82) is 0 Å². The van der Waals surface area contributed by atoms with Crippen LogP contribution in [0.25, 0.3) is 0 Å². The van der Waals surface area contributed by atoms with Gasteiger partial charge in [0.1, 0.15) is 0 Å². The second-order valence-corrected chi connectivity index (χ2v) is 5.96. The summed E-state index contributed by atoms with van der Waals surface area (Å²) in [7, 11) is -3.71. The first kappa shape index (κ1) is 13.8. The summed E-state index contributed by atoms with van der Waals surface area (Å²) in [5.74, 6) is -1.20. The molecular weight excluding hydrogens is 270 g/mol. The summed E-state index contributed by atoms with van der Waals surface area (Å²) in [6.07, 6.45) is 5.16. The number of carbonyl (C=O) groups is 1. The lowest BCUT2D eigenvalue weighted by Gasteiger charge is -2.26. The molecule has 0 aliphatic carbocycles. The molecule has 1 saturated heterocycles. The highest BCUT2D eigenvalue weighted by Crippen LogP contribution is 2.19. The van der Waals surface area contributed by atoms with E-state index < -0.39 is 16.2 Å². The molecule has 7 nitrogen and oxygen atoms in total. The average Bonchev–Trinajstić information content (AvgIpc) is 2.39. The summed E-state index contributed by atoms with van der Waals surface area (Å²) in [4.78, 5) is 14.8. The van der Waals surface area contributed by atoms with E-state index in [4.69, 9.17) is 5.11 Å². The Morgan fingerprint density at radius 1 is 1.32 bits per heavy atom. The molecule has 2 rings (SSSR count). The second kappa shape index (κ2) is 5.54. The molecule has 0 spiro atoms. The number of aromatic carboxylic acids is 1. The van der Waals surface area contributed by atoms with E-state index in [1.165, 1.54) is 22.8 Å². The number of nitrogens with zero attached hydrogens (tertiary/aromatic N) is 2. The molecule has 0 unspecified atom stereocenters. The van der Waals surface area contributed by atoms with Gasteiger partial charge in [-0.2, -0.15) is 12.7 Å².